The van der Waals surface area contributed by atoms with Gasteiger partial charge in [0.1, 0.15) is 0 Å². The molecule has 0 aliphatic heterocycles. The average molecular weight is 246 g/mol. The van der Waals surface area contributed by atoms with E-state index in [1.54, 1.807) is 0 Å². The van der Waals surface area contributed by atoms with Crippen LogP contribution in [0.4, 0.5) is 0 Å². The summed E-state index contributed by atoms with van der Waals surface area (Å²) in [5.74, 6) is 0.0726. The molecule has 0 aliphatic rings. The third-order valence-electron chi connectivity index (χ3n) is 2.66. The van der Waals surface area contributed by atoms with E-state index in [9.17, 15) is 0 Å². The molecule has 18 heavy (non-hydrogen) atoms. The molecule has 0 saturated heterocycles. The maximum atomic E-state index is 8.89. The Hall–Kier alpha value is -1.66. The molecule has 0 saturated carbocycles. The van der Waals surface area contributed by atoms with Crippen molar-refractivity contribution in [2.75, 3.05) is 0 Å². The lowest BCUT2D eigenvalue weighted by atomic mass is 9.87. The van der Waals surface area contributed by atoms with Crippen molar-refractivity contribution in [3.63, 3.8) is 0 Å². The summed E-state index contributed by atoms with van der Waals surface area (Å²) in [4.78, 5) is 0. The van der Waals surface area contributed by atoms with Crippen molar-refractivity contribution in [2.24, 2.45) is 0 Å². The average Bonchev–Trinajstić information content (AvgIpc) is 2.77. The third kappa shape index (κ3) is 2.60. The lowest BCUT2D eigenvalue weighted by molar-refractivity contribution is 0.408. The van der Waals surface area contributed by atoms with Crippen LogP contribution in [0.3, 0.4) is 0 Å². The van der Waals surface area contributed by atoms with Crippen molar-refractivity contribution in [1.29, 1.82) is 0 Å². The molecular formula is C12H15BN2O3. The lowest BCUT2D eigenvalue weighted by Gasteiger charge is -2.18. The Labute approximate surface area is 106 Å². The van der Waals surface area contributed by atoms with Crippen molar-refractivity contribution >= 4 is 12.9 Å². The number of rotatable bonds is 2. The maximum Gasteiger partial charge on any atom is 0.551 e. The monoisotopic (exact) mass is 246 g/mol. The predicted octanol–water partition coefficient (Wildman–Crippen LogP) is 0.714. The van der Waals surface area contributed by atoms with Crippen LogP contribution in [0.1, 0.15) is 26.3 Å². The van der Waals surface area contributed by atoms with E-state index in [-0.39, 0.29) is 17.1 Å². The minimum absolute atomic E-state index is 0.0832. The molecule has 6 heteroatoms. The van der Waals surface area contributed by atoms with Crippen LogP contribution in [-0.2, 0) is 5.41 Å². The summed E-state index contributed by atoms with van der Waals surface area (Å²) in [7, 11) is -1.74. The highest BCUT2D eigenvalue weighted by Gasteiger charge is 2.20. The van der Waals surface area contributed by atoms with Crippen LogP contribution >= 0.6 is 0 Å². The largest absolute Gasteiger partial charge is 0.551 e. The smallest absolute Gasteiger partial charge is 0.424 e. The number of hydrogen-bond donors (Lipinski definition) is 2. The van der Waals surface area contributed by atoms with E-state index in [2.05, 4.69) is 31.0 Å². The summed E-state index contributed by atoms with van der Waals surface area (Å²) in [5.41, 5.74) is 2.04. The molecule has 94 valence electrons. The Bertz CT molecular complexity index is 529. The molecule has 0 aliphatic carbocycles. The standard InChI is InChI=1S/C12H15BN2O3/c1-12(2,3)9-6-4-8(5-7-9)10-14-15-11(18-10)13(16)17/h4-7,16-17H,1-3H3. The van der Waals surface area contributed by atoms with E-state index in [4.69, 9.17) is 14.5 Å². The minimum Gasteiger partial charge on any atom is -0.424 e. The highest BCUT2D eigenvalue weighted by molar-refractivity contribution is 6.55. The normalized spacial score (nSPS) is 11.6. The van der Waals surface area contributed by atoms with E-state index in [1.807, 2.05) is 24.3 Å². The Morgan fingerprint density at radius 3 is 2.11 bits per heavy atom. The van der Waals surface area contributed by atoms with Crippen LogP contribution in [0.2, 0.25) is 0 Å². The van der Waals surface area contributed by atoms with Gasteiger partial charge in [-0.3, -0.25) is 0 Å². The van der Waals surface area contributed by atoms with Crippen LogP contribution < -0.4 is 5.79 Å². The van der Waals surface area contributed by atoms with Gasteiger partial charge in [0.15, 0.2) is 0 Å². The predicted molar refractivity (Wildman–Crippen MR) is 68.3 cm³/mol. The van der Waals surface area contributed by atoms with Crippen molar-refractivity contribution in [3.8, 4) is 11.5 Å². The van der Waals surface area contributed by atoms with E-state index < -0.39 is 7.12 Å². The van der Waals surface area contributed by atoms with Gasteiger partial charge >= 0.3 is 7.12 Å². The molecule has 0 bridgehead atoms. The second-order valence-corrected chi connectivity index (χ2v) is 5.15. The molecule has 0 unspecified atom stereocenters. The molecule has 2 rings (SSSR count). The zero-order valence-corrected chi connectivity index (χ0v) is 10.6. The van der Waals surface area contributed by atoms with E-state index in [1.165, 1.54) is 5.56 Å². The van der Waals surface area contributed by atoms with Gasteiger partial charge in [-0.2, -0.15) is 0 Å². The molecule has 1 heterocycles. The van der Waals surface area contributed by atoms with Gasteiger partial charge in [0.2, 0.25) is 11.7 Å². The first kappa shape index (κ1) is 12.8. The van der Waals surface area contributed by atoms with E-state index >= 15 is 0 Å². The van der Waals surface area contributed by atoms with Crippen LogP contribution in [0.15, 0.2) is 28.7 Å². The van der Waals surface area contributed by atoms with Gasteiger partial charge in [-0.1, -0.05) is 32.9 Å². The Morgan fingerprint density at radius 2 is 1.67 bits per heavy atom. The fourth-order valence-corrected chi connectivity index (χ4v) is 1.57. The van der Waals surface area contributed by atoms with Crippen molar-refractivity contribution in [3.05, 3.63) is 29.8 Å². The van der Waals surface area contributed by atoms with Gasteiger partial charge in [-0.25, -0.2) is 0 Å². The molecule has 0 spiro atoms. The summed E-state index contributed by atoms with van der Waals surface area (Å²) in [6.45, 7) is 6.40. The molecular weight excluding hydrogens is 231 g/mol. The topological polar surface area (TPSA) is 79.4 Å². The molecule has 1 aromatic carbocycles. The van der Waals surface area contributed by atoms with Gasteiger partial charge in [-0.05, 0) is 23.1 Å². The molecule has 0 radical (unpaired) electrons. The summed E-state index contributed by atoms with van der Waals surface area (Å²) in [5, 5.41) is 25.1. The molecule has 0 amide bonds. The molecule has 0 fully saturated rings. The highest BCUT2D eigenvalue weighted by Crippen LogP contribution is 2.24. The number of hydrogen-bond acceptors (Lipinski definition) is 5. The molecule has 0 atom stereocenters. The van der Waals surface area contributed by atoms with Crippen LogP contribution in [-0.4, -0.2) is 27.4 Å². The maximum absolute atomic E-state index is 8.89. The van der Waals surface area contributed by atoms with Gasteiger partial charge in [0.05, 0.1) is 0 Å². The van der Waals surface area contributed by atoms with Crippen molar-refractivity contribution in [2.45, 2.75) is 26.2 Å². The first-order valence-corrected chi connectivity index (χ1v) is 5.68. The molecule has 5 nitrogen and oxygen atoms in total. The van der Waals surface area contributed by atoms with E-state index in [0.717, 1.165) is 5.56 Å². The van der Waals surface area contributed by atoms with Gasteiger partial charge < -0.3 is 14.5 Å². The summed E-state index contributed by atoms with van der Waals surface area (Å²) >= 11 is 0. The van der Waals surface area contributed by atoms with Gasteiger partial charge in [0.25, 0.3) is 0 Å². The highest BCUT2D eigenvalue weighted by atomic mass is 16.4. The Kier molecular flexibility index (Phi) is 3.23. The van der Waals surface area contributed by atoms with Crippen molar-refractivity contribution in [1.82, 2.24) is 10.2 Å². The first-order chi connectivity index (χ1) is 8.38. The number of nitrogens with zero attached hydrogens (tertiary/aromatic N) is 2. The SMILES string of the molecule is CC(C)(C)c1ccc(-c2nnc(B(O)O)o2)cc1. The zero-order valence-electron chi connectivity index (χ0n) is 10.6. The van der Waals surface area contributed by atoms with Crippen LogP contribution in [0.25, 0.3) is 11.5 Å². The summed E-state index contributed by atoms with van der Waals surface area (Å²) < 4.78 is 5.13. The van der Waals surface area contributed by atoms with Crippen molar-refractivity contribution < 1.29 is 14.5 Å². The second kappa shape index (κ2) is 4.55. The summed E-state index contributed by atoms with van der Waals surface area (Å²) in [6.07, 6.45) is 0. The number of benzene rings is 1. The lowest BCUT2D eigenvalue weighted by Crippen LogP contribution is -2.30. The third-order valence-corrected chi connectivity index (χ3v) is 2.66. The van der Waals surface area contributed by atoms with Gasteiger partial charge in [-0.15, -0.1) is 10.2 Å². The minimum atomic E-state index is -1.74. The Morgan fingerprint density at radius 1 is 1.06 bits per heavy atom. The first-order valence-electron chi connectivity index (χ1n) is 5.68. The molecule has 2 aromatic rings. The van der Waals surface area contributed by atoms with Gasteiger partial charge in [0, 0.05) is 5.56 Å². The fraction of sp³-hybridized carbons (Fsp3) is 0.333. The Balaban J connectivity index is 2.29. The van der Waals surface area contributed by atoms with E-state index in [0.29, 0.717) is 0 Å². The quantitative estimate of drug-likeness (QED) is 0.763. The zero-order chi connectivity index (χ0) is 13.3. The number of aromatic nitrogens is 2. The van der Waals surface area contributed by atoms with Crippen LogP contribution in [0.5, 0.6) is 0 Å². The fourth-order valence-electron chi connectivity index (χ4n) is 1.57. The molecule has 2 N–H and O–H groups in total. The summed E-state index contributed by atoms with van der Waals surface area (Å²) in [6, 6.07) is 7.74. The molecule has 1 aromatic heterocycles. The second-order valence-electron chi connectivity index (χ2n) is 5.15. The van der Waals surface area contributed by atoms with Crippen LogP contribution in [0, 0.1) is 0 Å².